The maximum atomic E-state index is 5.73. The van der Waals surface area contributed by atoms with E-state index in [2.05, 4.69) is 16.4 Å². The van der Waals surface area contributed by atoms with E-state index in [0.29, 0.717) is 5.15 Å². The Morgan fingerprint density at radius 1 is 1.50 bits per heavy atom. The third kappa shape index (κ3) is 2.69. The van der Waals surface area contributed by atoms with Crippen molar-refractivity contribution in [3.63, 3.8) is 0 Å². The predicted octanol–water partition coefficient (Wildman–Crippen LogP) is 2.28. The van der Waals surface area contributed by atoms with Crippen molar-refractivity contribution in [2.24, 2.45) is 5.92 Å². The molecule has 1 atom stereocenters. The fourth-order valence-electron chi connectivity index (χ4n) is 1.96. The Morgan fingerprint density at radius 3 is 3.07 bits per heavy atom. The smallest absolute Gasteiger partial charge is 0.129 e. The van der Waals surface area contributed by atoms with Crippen molar-refractivity contribution < 1.29 is 0 Å². The van der Waals surface area contributed by atoms with Crippen molar-refractivity contribution in [2.75, 3.05) is 13.1 Å². The van der Waals surface area contributed by atoms with E-state index in [9.17, 15) is 0 Å². The zero-order valence-electron chi connectivity index (χ0n) is 8.17. The van der Waals surface area contributed by atoms with Crippen LogP contribution in [0, 0.1) is 5.92 Å². The lowest BCUT2D eigenvalue weighted by atomic mass is 9.93. The Labute approximate surface area is 89.7 Å². The number of nitrogens with one attached hydrogen (secondary N) is 1. The standard InChI is InChI=1S/C11H15ClN2/c12-11-4-3-10(8-14-11)6-9-2-1-5-13-7-9/h3-4,8-9,13H,1-2,5-7H2/t9-/m0/s1. The molecule has 14 heavy (non-hydrogen) atoms. The van der Waals surface area contributed by atoms with Crippen LogP contribution in [0.5, 0.6) is 0 Å². The van der Waals surface area contributed by atoms with E-state index in [1.807, 2.05) is 12.3 Å². The molecule has 2 nitrogen and oxygen atoms in total. The number of pyridine rings is 1. The molecule has 1 N–H and O–H groups in total. The first-order valence-electron chi connectivity index (χ1n) is 5.16. The van der Waals surface area contributed by atoms with Crippen molar-refractivity contribution in [2.45, 2.75) is 19.3 Å². The molecule has 0 aliphatic carbocycles. The Balaban J connectivity index is 1.92. The van der Waals surface area contributed by atoms with E-state index >= 15 is 0 Å². The van der Waals surface area contributed by atoms with Gasteiger partial charge in [-0.3, -0.25) is 0 Å². The highest BCUT2D eigenvalue weighted by atomic mass is 35.5. The SMILES string of the molecule is Clc1ccc(C[C@@H]2CCCNC2)cn1. The summed E-state index contributed by atoms with van der Waals surface area (Å²) in [7, 11) is 0. The summed E-state index contributed by atoms with van der Waals surface area (Å²) >= 11 is 5.73. The van der Waals surface area contributed by atoms with E-state index < -0.39 is 0 Å². The second-order valence-electron chi connectivity index (χ2n) is 3.91. The molecule has 1 saturated heterocycles. The van der Waals surface area contributed by atoms with Crippen molar-refractivity contribution in [3.05, 3.63) is 29.0 Å². The number of piperidine rings is 1. The van der Waals surface area contributed by atoms with Gasteiger partial charge in [0.1, 0.15) is 5.15 Å². The van der Waals surface area contributed by atoms with Crippen molar-refractivity contribution in [3.8, 4) is 0 Å². The van der Waals surface area contributed by atoms with Crippen molar-refractivity contribution >= 4 is 11.6 Å². The van der Waals surface area contributed by atoms with Gasteiger partial charge in [0.15, 0.2) is 0 Å². The molecule has 2 heterocycles. The van der Waals surface area contributed by atoms with Crippen LogP contribution in [0.15, 0.2) is 18.3 Å². The Hall–Kier alpha value is -0.600. The van der Waals surface area contributed by atoms with Gasteiger partial charge in [0, 0.05) is 6.20 Å². The monoisotopic (exact) mass is 210 g/mol. The minimum atomic E-state index is 0.579. The maximum absolute atomic E-state index is 5.73. The van der Waals surface area contributed by atoms with Crippen LogP contribution in [0.25, 0.3) is 0 Å². The molecule has 1 aromatic rings. The molecule has 0 radical (unpaired) electrons. The zero-order valence-corrected chi connectivity index (χ0v) is 8.93. The average molecular weight is 211 g/mol. The summed E-state index contributed by atoms with van der Waals surface area (Å²) < 4.78 is 0. The summed E-state index contributed by atoms with van der Waals surface area (Å²) in [6.07, 6.45) is 5.63. The molecule has 0 saturated carbocycles. The zero-order chi connectivity index (χ0) is 9.80. The van der Waals surface area contributed by atoms with E-state index in [1.165, 1.54) is 24.9 Å². The molecule has 1 aliphatic rings. The molecule has 0 unspecified atom stereocenters. The summed E-state index contributed by atoms with van der Waals surface area (Å²) in [6, 6.07) is 3.94. The van der Waals surface area contributed by atoms with Crippen LogP contribution in [-0.4, -0.2) is 18.1 Å². The van der Waals surface area contributed by atoms with Gasteiger partial charge in [-0.1, -0.05) is 17.7 Å². The lowest BCUT2D eigenvalue weighted by molar-refractivity contribution is 0.376. The van der Waals surface area contributed by atoms with E-state index in [4.69, 9.17) is 11.6 Å². The van der Waals surface area contributed by atoms with E-state index in [0.717, 1.165) is 18.9 Å². The summed E-state index contributed by atoms with van der Waals surface area (Å²) in [5.74, 6) is 0.770. The largest absolute Gasteiger partial charge is 0.316 e. The van der Waals surface area contributed by atoms with Crippen LogP contribution >= 0.6 is 11.6 Å². The summed E-state index contributed by atoms with van der Waals surface area (Å²) in [5, 5.41) is 4.00. The van der Waals surface area contributed by atoms with E-state index in [1.54, 1.807) is 0 Å². The van der Waals surface area contributed by atoms with Gasteiger partial charge >= 0.3 is 0 Å². The van der Waals surface area contributed by atoms with Gasteiger partial charge in [-0.25, -0.2) is 4.98 Å². The number of rotatable bonds is 2. The van der Waals surface area contributed by atoms with Gasteiger partial charge in [0.05, 0.1) is 0 Å². The van der Waals surface area contributed by atoms with Crippen LogP contribution in [0.3, 0.4) is 0 Å². The summed E-state index contributed by atoms with van der Waals surface area (Å²) in [6.45, 7) is 2.32. The second-order valence-corrected chi connectivity index (χ2v) is 4.29. The van der Waals surface area contributed by atoms with Gasteiger partial charge in [0.25, 0.3) is 0 Å². The van der Waals surface area contributed by atoms with Gasteiger partial charge < -0.3 is 5.32 Å². The minimum Gasteiger partial charge on any atom is -0.316 e. The molecule has 76 valence electrons. The number of aromatic nitrogens is 1. The molecule has 3 heteroatoms. The first-order valence-corrected chi connectivity index (χ1v) is 5.53. The van der Waals surface area contributed by atoms with Crippen molar-refractivity contribution in [1.82, 2.24) is 10.3 Å². The Bertz CT molecular complexity index is 278. The normalized spacial score (nSPS) is 22.2. The first-order chi connectivity index (χ1) is 6.84. The van der Waals surface area contributed by atoms with Gasteiger partial charge in [0.2, 0.25) is 0 Å². The third-order valence-electron chi connectivity index (χ3n) is 2.71. The molecule has 0 spiro atoms. The van der Waals surface area contributed by atoms with Crippen LogP contribution < -0.4 is 5.32 Å². The highest BCUT2D eigenvalue weighted by molar-refractivity contribution is 6.29. The average Bonchev–Trinajstić information content (AvgIpc) is 2.23. The van der Waals surface area contributed by atoms with Gasteiger partial charge in [-0.2, -0.15) is 0 Å². The van der Waals surface area contributed by atoms with Crippen molar-refractivity contribution in [1.29, 1.82) is 0 Å². The molecule has 0 amide bonds. The topological polar surface area (TPSA) is 24.9 Å². The second kappa shape index (κ2) is 4.76. The number of hydrogen-bond donors (Lipinski definition) is 1. The fraction of sp³-hybridized carbons (Fsp3) is 0.545. The lowest BCUT2D eigenvalue weighted by Crippen LogP contribution is -2.30. The number of nitrogens with zero attached hydrogens (tertiary/aromatic N) is 1. The number of halogens is 1. The van der Waals surface area contributed by atoms with Crippen LogP contribution in [0.2, 0.25) is 5.15 Å². The first kappa shape index (κ1) is 9.94. The Kier molecular flexibility index (Phi) is 3.38. The van der Waals surface area contributed by atoms with Crippen LogP contribution in [-0.2, 0) is 6.42 Å². The highest BCUT2D eigenvalue weighted by Crippen LogP contribution is 2.16. The molecular weight excluding hydrogens is 196 g/mol. The van der Waals surface area contributed by atoms with Crippen LogP contribution in [0.1, 0.15) is 18.4 Å². The van der Waals surface area contributed by atoms with Crippen LogP contribution in [0.4, 0.5) is 0 Å². The molecule has 0 aromatic carbocycles. The summed E-state index contributed by atoms with van der Waals surface area (Å²) in [4.78, 5) is 4.09. The minimum absolute atomic E-state index is 0.579. The molecule has 1 fully saturated rings. The van der Waals surface area contributed by atoms with Gasteiger partial charge in [-0.05, 0) is 49.9 Å². The molecule has 0 bridgehead atoms. The molecule has 2 rings (SSSR count). The molecule has 1 aromatic heterocycles. The molecule has 1 aliphatic heterocycles. The lowest BCUT2D eigenvalue weighted by Gasteiger charge is -2.22. The quantitative estimate of drug-likeness (QED) is 0.758. The Morgan fingerprint density at radius 2 is 2.43 bits per heavy atom. The number of hydrogen-bond acceptors (Lipinski definition) is 2. The maximum Gasteiger partial charge on any atom is 0.129 e. The van der Waals surface area contributed by atoms with Gasteiger partial charge in [-0.15, -0.1) is 0 Å². The summed E-state index contributed by atoms with van der Waals surface area (Å²) in [5.41, 5.74) is 1.29. The highest BCUT2D eigenvalue weighted by Gasteiger charge is 2.13. The van der Waals surface area contributed by atoms with E-state index in [-0.39, 0.29) is 0 Å². The predicted molar refractivity (Wildman–Crippen MR) is 58.5 cm³/mol. The molecular formula is C11H15ClN2. The fourth-order valence-corrected chi connectivity index (χ4v) is 2.07. The third-order valence-corrected chi connectivity index (χ3v) is 2.94.